The zero-order valence-electron chi connectivity index (χ0n) is 20.4. The van der Waals surface area contributed by atoms with Gasteiger partial charge < -0.3 is 14.0 Å². The molecule has 4 aromatic rings. The fourth-order valence-electron chi connectivity index (χ4n) is 4.91. The molecule has 5 nitrogen and oxygen atoms in total. The number of hydrogen-bond acceptors (Lipinski definition) is 3. The number of benzene rings is 2. The number of aldehydes is 1. The number of carbonyl (C=O) groups is 1. The van der Waals surface area contributed by atoms with E-state index in [4.69, 9.17) is 4.98 Å². The first-order valence-electron chi connectivity index (χ1n) is 12.3. The average Bonchev–Trinajstić information content (AvgIpc) is 3.52. The first-order valence-corrected chi connectivity index (χ1v) is 12.3. The molecule has 0 spiro atoms. The second kappa shape index (κ2) is 9.34. The minimum absolute atomic E-state index is 0.301. The normalized spacial score (nSPS) is 14.0. The molecule has 0 atom stereocenters. The molecule has 34 heavy (non-hydrogen) atoms. The number of imidazole rings is 1. The van der Waals surface area contributed by atoms with E-state index in [0.717, 1.165) is 66.4 Å². The van der Waals surface area contributed by atoms with Gasteiger partial charge in [0.2, 0.25) is 0 Å². The maximum Gasteiger partial charge on any atom is 0.157 e. The van der Waals surface area contributed by atoms with Crippen LogP contribution in [0, 0.1) is 12.8 Å². The number of halogens is 1. The molecule has 0 saturated heterocycles. The maximum atomic E-state index is 12.5. The molecule has 0 radical (unpaired) electrons. The molecule has 1 aliphatic carbocycles. The minimum Gasteiger partial charge on any atom is -0.338 e. The lowest BCUT2D eigenvalue weighted by molar-refractivity contribution is 0.112. The molecule has 0 bridgehead atoms. The van der Waals surface area contributed by atoms with Crippen molar-refractivity contribution in [1.82, 2.24) is 19.0 Å². The smallest absolute Gasteiger partial charge is 0.157 e. The Bertz CT molecular complexity index is 1350. The lowest BCUT2D eigenvalue weighted by Gasteiger charge is -2.16. The highest BCUT2D eigenvalue weighted by atomic mass is 19.1. The number of aromatic nitrogens is 3. The molecule has 0 unspecified atom stereocenters. The van der Waals surface area contributed by atoms with Crippen LogP contribution in [-0.2, 0) is 20.0 Å². The molecule has 0 N–H and O–H groups in total. The van der Waals surface area contributed by atoms with Gasteiger partial charge in [0.05, 0.1) is 23.4 Å². The van der Waals surface area contributed by atoms with Crippen LogP contribution in [0.1, 0.15) is 40.7 Å². The summed E-state index contributed by atoms with van der Waals surface area (Å²) in [5, 5.41) is 1.24. The highest BCUT2D eigenvalue weighted by Gasteiger charge is 2.25. The highest BCUT2D eigenvalue weighted by Crippen LogP contribution is 2.36. The van der Waals surface area contributed by atoms with Crippen molar-refractivity contribution in [3.8, 4) is 11.5 Å². The van der Waals surface area contributed by atoms with Gasteiger partial charge in [0.15, 0.2) is 5.82 Å². The van der Waals surface area contributed by atoms with Crippen LogP contribution in [-0.4, -0.2) is 52.1 Å². The van der Waals surface area contributed by atoms with Crippen LogP contribution >= 0.6 is 0 Å². The van der Waals surface area contributed by atoms with Gasteiger partial charge >= 0.3 is 0 Å². The Morgan fingerprint density at radius 2 is 1.97 bits per heavy atom. The van der Waals surface area contributed by atoms with Crippen LogP contribution < -0.4 is 0 Å². The predicted octanol–water partition coefficient (Wildman–Crippen LogP) is 5.56. The van der Waals surface area contributed by atoms with Crippen LogP contribution in [0.25, 0.3) is 33.5 Å². The molecule has 2 aromatic heterocycles. The number of fused-ring (bicyclic) bond motifs is 2. The quantitative estimate of drug-likeness (QED) is 0.291. The molecule has 2 aromatic carbocycles. The number of carbonyl (C=O) groups excluding carboxylic acids is 1. The third kappa shape index (κ3) is 4.39. The van der Waals surface area contributed by atoms with Crippen LogP contribution in [0.15, 0.2) is 36.4 Å². The maximum absolute atomic E-state index is 12.5. The third-order valence-corrected chi connectivity index (χ3v) is 7.13. The summed E-state index contributed by atoms with van der Waals surface area (Å²) in [6.07, 6.45) is 4.79. The van der Waals surface area contributed by atoms with Gasteiger partial charge in [-0.2, -0.15) is 0 Å². The standard InChI is InChI=1S/C28H33FN4O/c1-19-5-8-22-16-27(33(25(22)13-19)17-20-6-7-20)28-30-24-14-23(18-34)21(15-26(24)32(28)3)9-12-31(2)11-4-10-29/h5,8,13-16,18,20H,4,6-7,9-12,17H2,1-3H3. The topological polar surface area (TPSA) is 43.1 Å². The molecule has 6 heteroatoms. The summed E-state index contributed by atoms with van der Waals surface area (Å²) >= 11 is 0. The summed E-state index contributed by atoms with van der Waals surface area (Å²) in [5.74, 6) is 1.67. The van der Waals surface area contributed by atoms with Gasteiger partial charge in [0.25, 0.3) is 0 Å². The average molecular weight is 461 g/mol. The van der Waals surface area contributed by atoms with Crippen LogP contribution in [0.2, 0.25) is 0 Å². The Kier molecular flexibility index (Phi) is 6.26. The first kappa shape index (κ1) is 22.8. The lowest BCUT2D eigenvalue weighted by atomic mass is 10.0. The third-order valence-electron chi connectivity index (χ3n) is 7.13. The number of alkyl halides is 1. The van der Waals surface area contributed by atoms with Crippen molar-refractivity contribution in [2.75, 3.05) is 26.8 Å². The van der Waals surface area contributed by atoms with E-state index in [-0.39, 0.29) is 6.67 Å². The van der Waals surface area contributed by atoms with Crippen molar-refractivity contribution in [1.29, 1.82) is 0 Å². The van der Waals surface area contributed by atoms with Gasteiger partial charge in [0.1, 0.15) is 6.29 Å². The van der Waals surface area contributed by atoms with Crippen LogP contribution in [0.5, 0.6) is 0 Å². The number of nitrogens with zero attached hydrogens (tertiary/aromatic N) is 4. The summed E-state index contributed by atoms with van der Waals surface area (Å²) in [4.78, 5) is 19.0. The number of hydrogen-bond donors (Lipinski definition) is 0. The van der Waals surface area contributed by atoms with Gasteiger partial charge in [0, 0.05) is 43.1 Å². The zero-order valence-corrected chi connectivity index (χ0v) is 20.4. The van der Waals surface area contributed by atoms with Crippen molar-refractivity contribution < 1.29 is 9.18 Å². The lowest BCUT2D eigenvalue weighted by Crippen LogP contribution is -2.23. The number of aryl methyl sites for hydroxylation is 2. The molecule has 1 fully saturated rings. The van der Waals surface area contributed by atoms with E-state index in [2.05, 4.69) is 58.3 Å². The molecular weight excluding hydrogens is 427 g/mol. The zero-order chi connectivity index (χ0) is 23.8. The number of rotatable bonds is 10. The van der Waals surface area contributed by atoms with Crippen molar-refractivity contribution in [3.63, 3.8) is 0 Å². The van der Waals surface area contributed by atoms with E-state index in [1.165, 1.54) is 29.3 Å². The fourth-order valence-corrected chi connectivity index (χ4v) is 4.91. The van der Waals surface area contributed by atoms with E-state index < -0.39 is 0 Å². The summed E-state index contributed by atoms with van der Waals surface area (Å²) in [6, 6.07) is 12.9. The van der Waals surface area contributed by atoms with E-state index in [9.17, 15) is 9.18 Å². The summed E-state index contributed by atoms with van der Waals surface area (Å²) in [7, 11) is 4.06. The van der Waals surface area contributed by atoms with Gasteiger partial charge in [-0.05, 0) is 81.0 Å². The van der Waals surface area contributed by atoms with E-state index in [1.807, 2.05) is 13.1 Å². The van der Waals surface area contributed by atoms with Gasteiger partial charge in [-0.15, -0.1) is 0 Å². The van der Waals surface area contributed by atoms with E-state index in [0.29, 0.717) is 12.0 Å². The van der Waals surface area contributed by atoms with E-state index in [1.54, 1.807) is 0 Å². The van der Waals surface area contributed by atoms with Crippen LogP contribution in [0.3, 0.4) is 0 Å². The van der Waals surface area contributed by atoms with Crippen molar-refractivity contribution >= 4 is 28.2 Å². The second-order valence-corrected chi connectivity index (χ2v) is 9.89. The Morgan fingerprint density at radius 1 is 1.15 bits per heavy atom. The van der Waals surface area contributed by atoms with E-state index >= 15 is 0 Å². The Morgan fingerprint density at radius 3 is 2.71 bits per heavy atom. The monoisotopic (exact) mass is 460 g/mol. The molecule has 5 rings (SSSR count). The molecule has 1 aliphatic rings. The van der Waals surface area contributed by atoms with Gasteiger partial charge in [-0.25, -0.2) is 4.98 Å². The number of likely N-dealkylation sites (N-methyl/N-ethyl adjacent to an activating group) is 1. The van der Waals surface area contributed by atoms with Gasteiger partial charge in [-0.1, -0.05) is 12.1 Å². The van der Waals surface area contributed by atoms with Gasteiger partial charge in [-0.3, -0.25) is 9.18 Å². The fraction of sp³-hybridized carbons (Fsp3) is 0.429. The van der Waals surface area contributed by atoms with Crippen molar-refractivity contribution in [2.24, 2.45) is 13.0 Å². The summed E-state index contributed by atoms with van der Waals surface area (Å²) in [5.41, 5.74) is 7.22. The SMILES string of the molecule is Cc1ccc2cc(-c3nc4cc(C=O)c(CCN(C)CCCF)cc4n3C)n(CC3CC3)c2c1. The molecule has 1 saturated carbocycles. The van der Waals surface area contributed by atoms with Crippen molar-refractivity contribution in [3.05, 3.63) is 53.1 Å². The second-order valence-electron chi connectivity index (χ2n) is 9.89. The molecular formula is C28H33FN4O. The van der Waals surface area contributed by atoms with Crippen molar-refractivity contribution in [2.45, 2.75) is 39.2 Å². The molecule has 0 amide bonds. The predicted molar refractivity (Wildman–Crippen MR) is 136 cm³/mol. The summed E-state index contributed by atoms with van der Waals surface area (Å²) in [6.45, 7) is 4.36. The Labute approximate surface area is 200 Å². The Hall–Kier alpha value is -2.99. The summed E-state index contributed by atoms with van der Waals surface area (Å²) < 4.78 is 17.1. The first-order chi connectivity index (χ1) is 16.5. The molecule has 0 aliphatic heterocycles. The minimum atomic E-state index is -0.301. The molecule has 2 heterocycles. The van der Waals surface area contributed by atoms with Crippen LogP contribution in [0.4, 0.5) is 4.39 Å². The largest absolute Gasteiger partial charge is 0.338 e. The highest BCUT2D eigenvalue weighted by molar-refractivity contribution is 5.91. The Balaban J connectivity index is 1.55. The molecule has 178 valence electrons.